The van der Waals surface area contributed by atoms with Crippen LogP contribution in [0.2, 0.25) is 0 Å². The molecule has 0 spiro atoms. The molecule has 2 aliphatic heterocycles. The average molecular weight is 241 g/mol. The van der Waals surface area contributed by atoms with Gasteiger partial charge in [0.15, 0.2) is 0 Å². The van der Waals surface area contributed by atoms with Gasteiger partial charge in [-0.3, -0.25) is 0 Å². The lowest BCUT2D eigenvalue weighted by Gasteiger charge is -2.14. The second kappa shape index (κ2) is 4.34. The maximum Gasteiger partial charge on any atom is 0.140 e. The van der Waals surface area contributed by atoms with Crippen molar-refractivity contribution in [1.29, 1.82) is 0 Å². The van der Waals surface area contributed by atoms with Crippen molar-refractivity contribution in [1.82, 2.24) is 15.0 Å². The summed E-state index contributed by atoms with van der Waals surface area (Å²) in [5.41, 5.74) is 4.85. The number of quaternary nitrogens is 1. The summed E-state index contributed by atoms with van der Waals surface area (Å²) in [4.78, 5) is 0. The highest BCUT2D eigenvalue weighted by atomic mass is 16.6. The Bertz CT molecular complexity index is 397. The molecule has 1 aromatic rings. The molecule has 0 aromatic carbocycles. The lowest BCUT2D eigenvalue weighted by atomic mass is 10.1. The Balaban J connectivity index is 1.76. The molecule has 17 heavy (non-hydrogen) atoms. The lowest BCUT2D eigenvalue weighted by molar-refractivity contribution is -0.430. The Hall–Kier alpha value is -1.02. The third-order valence-electron chi connectivity index (χ3n) is 3.32. The van der Waals surface area contributed by atoms with Crippen LogP contribution in [0.1, 0.15) is 11.7 Å². The van der Waals surface area contributed by atoms with Gasteiger partial charge in [-0.25, -0.2) is 4.68 Å². The zero-order chi connectivity index (χ0) is 11.8. The monoisotopic (exact) mass is 241 g/mol. The molecule has 3 N–H and O–H groups in total. The lowest BCUT2D eigenvalue weighted by Crippen LogP contribution is -2.66. The van der Waals surface area contributed by atoms with Crippen molar-refractivity contribution < 1.29 is 19.9 Å². The predicted molar refractivity (Wildman–Crippen MR) is 55.9 cm³/mol. The summed E-state index contributed by atoms with van der Waals surface area (Å²) in [5.74, 6) is 0. The maximum absolute atomic E-state index is 5.72. The number of methoxy groups -OCH3 is 1. The Labute approximate surface area is 98.8 Å². The third-order valence-corrected chi connectivity index (χ3v) is 3.32. The minimum atomic E-state index is 0.0506. The number of aromatic nitrogens is 3. The molecule has 0 aliphatic carbocycles. The van der Waals surface area contributed by atoms with Gasteiger partial charge in [-0.05, 0) is 0 Å². The molecule has 7 nitrogen and oxygen atoms in total. The van der Waals surface area contributed by atoms with E-state index in [9.17, 15) is 0 Å². The van der Waals surface area contributed by atoms with Gasteiger partial charge in [0.1, 0.15) is 36.6 Å². The molecule has 0 amide bonds. The highest BCUT2D eigenvalue weighted by molar-refractivity contribution is 4.99. The molecule has 3 rings (SSSR count). The molecule has 94 valence electrons. The SMILES string of the molecule is COCc1cn([C@H]2CO[C@H]3[C@@H]2OC[C@@H]3[NH3+])nn1. The minimum Gasteiger partial charge on any atom is -0.378 e. The Kier molecular flexibility index (Phi) is 2.83. The summed E-state index contributed by atoms with van der Waals surface area (Å²) >= 11 is 0. The Morgan fingerprint density at radius 3 is 3.12 bits per heavy atom. The molecule has 2 fully saturated rings. The van der Waals surface area contributed by atoms with Gasteiger partial charge in [0.05, 0.1) is 19.4 Å². The fourth-order valence-corrected chi connectivity index (χ4v) is 2.47. The van der Waals surface area contributed by atoms with Gasteiger partial charge in [-0.1, -0.05) is 5.21 Å². The van der Waals surface area contributed by atoms with E-state index in [-0.39, 0.29) is 24.3 Å². The standard InChI is InChI=1S/C10H16N4O3/c1-15-3-6-2-14(13-12-6)8-5-17-9-7(11)4-16-10(8)9/h2,7-10H,3-5,11H2,1H3/p+1/t7-,8-,9+,10+/m0/s1. The van der Waals surface area contributed by atoms with Crippen LogP contribution in [0.3, 0.4) is 0 Å². The molecular weight excluding hydrogens is 224 g/mol. The second-order valence-corrected chi connectivity index (χ2v) is 4.55. The topological polar surface area (TPSA) is 86.0 Å². The van der Waals surface area contributed by atoms with Gasteiger partial charge in [-0.15, -0.1) is 5.10 Å². The van der Waals surface area contributed by atoms with E-state index in [4.69, 9.17) is 14.2 Å². The minimum absolute atomic E-state index is 0.0506. The van der Waals surface area contributed by atoms with E-state index in [1.807, 2.05) is 10.9 Å². The molecule has 2 aliphatic rings. The first-order valence-electron chi connectivity index (χ1n) is 5.75. The summed E-state index contributed by atoms with van der Waals surface area (Å²) in [7, 11) is 1.64. The van der Waals surface area contributed by atoms with Gasteiger partial charge in [0, 0.05) is 7.11 Å². The summed E-state index contributed by atoms with van der Waals surface area (Å²) in [6, 6.07) is 0.317. The van der Waals surface area contributed by atoms with Crippen molar-refractivity contribution in [3.05, 3.63) is 11.9 Å². The summed E-state index contributed by atoms with van der Waals surface area (Å²) in [6.07, 6.45) is 2.03. The van der Waals surface area contributed by atoms with Crippen LogP contribution in [0.5, 0.6) is 0 Å². The molecule has 1 aromatic heterocycles. The molecule has 7 heteroatoms. The van der Waals surface area contributed by atoms with Crippen LogP contribution >= 0.6 is 0 Å². The zero-order valence-electron chi connectivity index (χ0n) is 9.78. The molecule has 0 bridgehead atoms. The fourth-order valence-electron chi connectivity index (χ4n) is 2.47. The first-order valence-corrected chi connectivity index (χ1v) is 5.75. The molecule has 0 radical (unpaired) electrons. The molecule has 4 atom stereocenters. The quantitative estimate of drug-likeness (QED) is 0.687. The summed E-state index contributed by atoms with van der Waals surface area (Å²) < 4.78 is 18.3. The van der Waals surface area contributed by atoms with Crippen LogP contribution in [-0.2, 0) is 20.8 Å². The molecular formula is C10H17N4O3+. The first kappa shape index (κ1) is 11.1. The van der Waals surface area contributed by atoms with E-state index in [1.165, 1.54) is 0 Å². The van der Waals surface area contributed by atoms with E-state index < -0.39 is 0 Å². The number of rotatable bonds is 3. The van der Waals surface area contributed by atoms with Crippen molar-refractivity contribution in [3.63, 3.8) is 0 Å². The highest BCUT2D eigenvalue weighted by Gasteiger charge is 2.49. The van der Waals surface area contributed by atoms with Gasteiger partial charge >= 0.3 is 0 Å². The van der Waals surface area contributed by atoms with Crippen LogP contribution in [0.25, 0.3) is 0 Å². The molecule has 2 saturated heterocycles. The summed E-state index contributed by atoms with van der Waals surface area (Å²) in [6.45, 7) is 1.74. The third kappa shape index (κ3) is 1.85. The number of hydrogen-bond donors (Lipinski definition) is 1. The van der Waals surface area contributed by atoms with Crippen LogP contribution < -0.4 is 5.73 Å². The number of fused-ring (bicyclic) bond motifs is 1. The molecule has 0 saturated carbocycles. The van der Waals surface area contributed by atoms with Crippen LogP contribution in [-0.4, -0.2) is 53.6 Å². The Morgan fingerprint density at radius 2 is 2.29 bits per heavy atom. The largest absolute Gasteiger partial charge is 0.378 e. The molecule has 0 unspecified atom stereocenters. The normalized spacial score (nSPS) is 36.4. The fraction of sp³-hybridized carbons (Fsp3) is 0.800. The van der Waals surface area contributed by atoms with Crippen molar-refractivity contribution >= 4 is 0 Å². The highest BCUT2D eigenvalue weighted by Crippen LogP contribution is 2.32. The van der Waals surface area contributed by atoms with E-state index in [0.29, 0.717) is 19.8 Å². The van der Waals surface area contributed by atoms with E-state index in [1.54, 1.807) is 7.11 Å². The average Bonchev–Trinajstić information content (AvgIpc) is 2.97. The van der Waals surface area contributed by atoms with Crippen molar-refractivity contribution in [3.8, 4) is 0 Å². The summed E-state index contributed by atoms with van der Waals surface area (Å²) in [5, 5.41) is 8.15. The van der Waals surface area contributed by atoms with Crippen LogP contribution in [0.15, 0.2) is 6.20 Å². The first-order chi connectivity index (χ1) is 8.29. The van der Waals surface area contributed by atoms with Crippen LogP contribution in [0, 0.1) is 0 Å². The number of nitrogens with zero attached hydrogens (tertiary/aromatic N) is 3. The van der Waals surface area contributed by atoms with Crippen LogP contribution in [0.4, 0.5) is 0 Å². The number of ether oxygens (including phenoxy) is 3. The van der Waals surface area contributed by atoms with E-state index in [0.717, 1.165) is 5.69 Å². The number of hydrogen-bond acceptors (Lipinski definition) is 5. The Morgan fingerprint density at radius 1 is 1.47 bits per heavy atom. The second-order valence-electron chi connectivity index (χ2n) is 4.55. The van der Waals surface area contributed by atoms with Gasteiger partial charge in [0.2, 0.25) is 0 Å². The van der Waals surface area contributed by atoms with Crippen molar-refractivity contribution in [2.45, 2.75) is 30.9 Å². The maximum atomic E-state index is 5.72. The van der Waals surface area contributed by atoms with Gasteiger partial charge in [-0.2, -0.15) is 0 Å². The van der Waals surface area contributed by atoms with E-state index >= 15 is 0 Å². The van der Waals surface area contributed by atoms with Gasteiger partial charge < -0.3 is 19.9 Å². The zero-order valence-corrected chi connectivity index (χ0v) is 9.78. The smallest absolute Gasteiger partial charge is 0.140 e. The van der Waals surface area contributed by atoms with Crippen molar-refractivity contribution in [2.75, 3.05) is 20.3 Å². The molecule has 3 heterocycles. The predicted octanol–water partition coefficient (Wildman–Crippen LogP) is -1.63. The van der Waals surface area contributed by atoms with E-state index in [2.05, 4.69) is 16.0 Å². The van der Waals surface area contributed by atoms with Gasteiger partial charge in [0.25, 0.3) is 0 Å². The van der Waals surface area contributed by atoms with Crippen molar-refractivity contribution in [2.24, 2.45) is 0 Å².